The first-order valence-corrected chi connectivity index (χ1v) is 6.26. The third-order valence-electron chi connectivity index (χ3n) is 2.41. The van der Waals surface area contributed by atoms with Crippen LogP contribution in [0.15, 0.2) is 12.1 Å². The average Bonchev–Trinajstić information content (AvgIpc) is 2.30. The summed E-state index contributed by atoms with van der Waals surface area (Å²) >= 11 is 12.1. The smallest absolute Gasteiger partial charge is 0.224 e. The third kappa shape index (κ3) is 4.19. The molecule has 0 unspecified atom stereocenters. The summed E-state index contributed by atoms with van der Waals surface area (Å²) < 4.78 is 0. The van der Waals surface area contributed by atoms with Gasteiger partial charge in [-0.15, -0.1) is 0 Å². The molecule has 0 aliphatic rings. The van der Waals surface area contributed by atoms with E-state index in [2.05, 4.69) is 5.32 Å². The third-order valence-corrected chi connectivity index (χ3v) is 3.21. The van der Waals surface area contributed by atoms with E-state index in [1.54, 1.807) is 6.07 Å². The van der Waals surface area contributed by atoms with E-state index < -0.39 is 0 Å². The number of aryl methyl sites for hydroxylation is 1. The lowest BCUT2D eigenvalue weighted by Gasteiger charge is -2.10. The molecule has 0 atom stereocenters. The molecule has 0 aliphatic heterocycles. The highest BCUT2D eigenvalue weighted by Gasteiger charge is 2.11. The van der Waals surface area contributed by atoms with E-state index >= 15 is 0 Å². The van der Waals surface area contributed by atoms with Crippen LogP contribution >= 0.6 is 23.2 Å². The molecule has 1 rings (SSSR count). The Bertz CT molecular complexity index is 408. The average molecular weight is 275 g/mol. The van der Waals surface area contributed by atoms with E-state index in [4.69, 9.17) is 28.9 Å². The van der Waals surface area contributed by atoms with Crippen molar-refractivity contribution in [3.05, 3.63) is 27.7 Å². The highest BCUT2D eigenvalue weighted by molar-refractivity contribution is 6.40. The number of benzene rings is 1. The summed E-state index contributed by atoms with van der Waals surface area (Å²) in [5.74, 6) is -0.0900. The molecular formula is C12H16Cl2N2O. The van der Waals surface area contributed by atoms with Gasteiger partial charge < -0.3 is 11.1 Å². The lowest BCUT2D eigenvalue weighted by Crippen LogP contribution is -2.13. The Labute approximate surface area is 111 Å². The largest absolute Gasteiger partial charge is 0.330 e. The molecular weight excluding hydrogens is 259 g/mol. The number of unbranched alkanes of at least 4 members (excludes halogenated alkanes) is 1. The first-order chi connectivity index (χ1) is 8.06. The zero-order valence-corrected chi connectivity index (χ0v) is 11.2. The summed E-state index contributed by atoms with van der Waals surface area (Å²) in [6.07, 6.45) is 2.03. The van der Waals surface area contributed by atoms with Gasteiger partial charge in [-0.25, -0.2) is 0 Å². The minimum Gasteiger partial charge on any atom is -0.330 e. The molecule has 3 nitrogen and oxygen atoms in total. The molecule has 1 aromatic carbocycles. The van der Waals surface area contributed by atoms with Crippen molar-refractivity contribution in [3.8, 4) is 0 Å². The van der Waals surface area contributed by atoms with E-state index in [0.29, 0.717) is 28.7 Å². The second kappa shape index (κ2) is 6.84. The Kier molecular flexibility index (Phi) is 5.75. The fraction of sp³-hybridized carbons (Fsp3) is 0.417. The lowest BCUT2D eigenvalue weighted by atomic mass is 10.2. The first kappa shape index (κ1) is 14.3. The van der Waals surface area contributed by atoms with Crippen LogP contribution < -0.4 is 11.1 Å². The summed E-state index contributed by atoms with van der Waals surface area (Å²) in [7, 11) is 0. The maximum atomic E-state index is 11.6. The van der Waals surface area contributed by atoms with Crippen molar-refractivity contribution in [1.29, 1.82) is 0 Å². The maximum absolute atomic E-state index is 11.6. The summed E-state index contributed by atoms with van der Waals surface area (Å²) in [5.41, 5.74) is 6.74. The van der Waals surface area contributed by atoms with Gasteiger partial charge in [0.15, 0.2) is 0 Å². The predicted octanol–water partition coefficient (Wildman–Crippen LogP) is 3.37. The fourth-order valence-electron chi connectivity index (χ4n) is 1.40. The van der Waals surface area contributed by atoms with Crippen molar-refractivity contribution in [3.63, 3.8) is 0 Å². The van der Waals surface area contributed by atoms with Gasteiger partial charge in [-0.3, -0.25) is 4.79 Å². The minimum absolute atomic E-state index is 0.0900. The zero-order valence-electron chi connectivity index (χ0n) is 9.72. The lowest BCUT2D eigenvalue weighted by molar-refractivity contribution is -0.116. The quantitative estimate of drug-likeness (QED) is 0.809. The number of carbonyl (C=O) groups is 1. The number of anilines is 1. The molecule has 3 N–H and O–H groups in total. The molecule has 0 radical (unpaired) electrons. The van der Waals surface area contributed by atoms with Gasteiger partial charge in [-0.2, -0.15) is 0 Å². The second-order valence-electron chi connectivity index (χ2n) is 3.85. The Morgan fingerprint density at radius 3 is 2.71 bits per heavy atom. The molecule has 94 valence electrons. The van der Waals surface area contributed by atoms with Crippen molar-refractivity contribution >= 4 is 34.8 Å². The van der Waals surface area contributed by atoms with Gasteiger partial charge in [-0.1, -0.05) is 29.3 Å². The summed E-state index contributed by atoms with van der Waals surface area (Å²) in [6.45, 7) is 2.46. The van der Waals surface area contributed by atoms with Gasteiger partial charge in [-0.05, 0) is 37.9 Å². The van der Waals surface area contributed by atoms with Gasteiger partial charge >= 0.3 is 0 Å². The van der Waals surface area contributed by atoms with Crippen LogP contribution in [0.1, 0.15) is 24.8 Å². The molecule has 17 heavy (non-hydrogen) atoms. The normalized spacial score (nSPS) is 10.4. The fourth-order valence-corrected chi connectivity index (χ4v) is 1.87. The number of hydrogen-bond donors (Lipinski definition) is 2. The van der Waals surface area contributed by atoms with E-state index in [1.165, 1.54) is 0 Å². The van der Waals surface area contributed by atoms with Gasteiger partial charge in [0, 0.05) is 6.42 Å². The van der Waals surface area contributed by atoms with Crippen LogP contribution in [0.2, 0.25) is 10.0 Å². The highest BCUT2D eigenvalue weighted by Crippen LogP contribution is 2.32. The number of nitrogens with one attached hydrogen (secondary N) is 1. The van der Waals surface area contributed by atoms with Crippen molar-refractivity contribution in [1.82, 2.24) is 0 Å². The van der Waals surface area contributed by atoms with E-state index in [9.17, 15) is 4.79 Å². The number of carbonyl (C=O) groups excluding carboxylic acids is 1. The van der Waals surface area contributed by atoms with Crippen LogP contribution in [0.3, 0.4) is 0 Å². The Morgan fingerprint density at radius 1 is 1.35 bits per heavy atom. The number of halogens is 2. The maximum Gasteiger partial charge on any atom is 0.224 e. The van der Waals surface area contributed by atoms with Crippen molar-refractivity contribution in [2.24, 2.45) is 5.73 Å². The van der Waals surface area contributed by atoms with Crippen LogP contribution in [0, 0.1) is 6.92 Å². The topological polar surface area (TPSA) is 55.1 Å². The highest BCUT2D eigenvalue weighted by atomic mass is 35.5. The molecule has 0 saturated heterocycles. The molecule has 0 spiro atoms. The van der Waals surface area contributed by atoms with Crippen LogP contribution in [0.25, 0.3) is 0 Å². The van der Waals surface area contributed by atoms with Gasteiger partial charge in [0.05, 0.1) is 15.7 Å². The number of hydrogen-bond acceptors (Lipinski definition) is 2. The van der Waals surface area contributed by atoms with Crippen LogP contribution in [0.4, 0.5) is 5.69 Å². The standard InChI is InChI=1S/C12H16Cl2N2O/c1-8-5-6-9(13)12(11(8)14)16-10(17)4-2-3-7-15/h5-6H,2-4,7,15H2,1H3,(H,16,17). The van der Waals surface area contributed by atoms with Crippen LogP contribution in [0.5, 0.6) is 0 Å². The summed E-state index contributed by atoms with van der Waals surface area (Å²) in [5, 5.41) is 3.68. The molecule has 5 heteroatoms. The summed E-state index contributed by atoms with van der Waals surface area (Å²) in [4.78, 5) is 11.6. The monoisotopic (exact) mass is 274 g/mol. The number of rotatable bonds is 5. The van der Waals surface area contributed by atoms with Crippen molar-refractivity contribution in [2.75, 3.05) is 11.9 Å². The van der Waals surface area contributed by atoms with Crippen molar-refractivity contribution < 1.29 is 4.79 Å². The Morgan fingerprint density at radius 2 is 2.06 bits per heavy atom. The van der Waals surface area contributed by atoms with Crippen molar-refractivity contribution in [2.45, 2.75) is 26.2 Å². The molecule has 0 saturated carbocycles. The molecule has 0 aliphatic carbocycles. The van der Waals surface area contributed by atoms with Gasteiger partial charge in [0.25, 0.3) is 0 Å². The Hall–Kier alpha value is -0.770. The van der Waals surface area contributed by atoms with E-state index in [0.717, 1.165) is 18.4 Å². The molecule has 1 aromatic rings. The SMILES string of the molecule is Cc1ccc(Cl)c(NC(=O)CCCCN)c1Cl. The zero-order chi connectivity index (χ0) is 12.8. The van der Waals surface area contributed by atoms with Gasteiger partial charge in [0.2, 0.25) is 5.91 Å². The molecule has 0 heterocycles. The van der Waals surface area contributed by atoms with E-state index in [-0.39, 0.29) is 5.91 Å². The predicted molar refractivity (Wildman–Crippen MR) is 72.7 cm³/mol. The summed E-state index contributed by atoms with van der Waals surface area (Å²) in [6, 6.07) is 3.53. The molecule has 0 fully saturated rings. The first-order valence-electron chi connectivity index (χ1n) is 5.50. The van der Waals surface area contributed by atoms with E-state index in [1.807, 2.05) is 13.0 Å². The minimum atomic E-state index is -0.0900. The number of nitrogens with two attached hydrogens (primary N) is 1. The molecule has 0 aromatic heterocycles. The Balaban J connectivity index is 2.68. The number of amides is 1. The molecule has 0 bridgehead atoms. The van der Waals surface area contributed by atoms with Crippen LogP contribution in [-0.2, 0) is 4.79 Å². The van der Waals surface area contributed by atoms with Gasteiger partial charge in [0.1, 0.15) is 0 Å². The molecule has 1 amide bonds. The van der Waals surface area contributed by atoms with Crippen LogP contribution in [-0.4, -0.2) is 12.5 Å². The second-order valence-corrected chi connectivity index (χ2v) is 4.63.